The van der Waals surface area contributed by atoms with Crippen molar-refractivity contribution in [2.75, 3.05) is 6.61 Å². The normalized spacial score (nSPS) is 12.6. The molecule has 1 aliphatic heterocycles. The van der Waals surface area contributed by atoms with Crippen LogP contribution in [-0.2, 0) is 24.4 Å². The molecule has 3 aromatic rings. The van der Waals surface area contributed by atoms with Crippen LogP contribution in [0.2, 0.25) is 5.02 Å². The Balaban J connectivity index is 0.000000310. The smallest absolute Gasteiger partial charge is 0.257 e. The maximum atomic E-state index is 12.3. The summed E-state index contributed by atoms with van der Waals surface area (Å²) >= 11 is 6.81. The Morgan fingerprint density at radius 3 is 2.60 bits per heavy atom. The van der Waals surface area contributed by atoms with Gasteiger partial charge >= 0.3 is 0 Å². The van der Waals surface area contributed by atoms with Crippen molar-refractivity contribution >= 4 is 29.5 Å². The monoisotopic (exact) mass is 455 g/mol. The summed E-state index contributed by atoms with van der Waals surface area (Å²) in [5, 5.41) is 17.9. The van der Waals surface area contributed by atoms with Gasteiger partial charge in [-0.05, 0) is 12.1 Å². The van der Waals surface area contributed by atoms with Crippen molar-refractivity contribution in [1.82, 2.24) is 23.9 Å². The summed E-state index contributed by atoms with van der Waals surface area (Å²) in [5.74, 6) is -0.0991. The molecule has 30 heavy (non-hydrogen) atoms. The lowest BCUT2D eigenvalue weighted by molar-refractivity contribution is -0.132. The molecule has 0 bridgehead atoms. The summed E-state index contributed by atoms with van der Waals surface area (Å²) in [6.07, 6.45) is 2.54. The highest BCUT2D eigenvalue weighted by Crippen LogP contribution is 2.26. The Kier molecular flexibility index (Phi) is 7.83. The molecule has 0 atom stereocenters. The minimum atomic E-state index is -2.44. The van der Waals surface area contributed by atoms with Crippen LogP contribution in [0.4, 0.5) is 8.78 Å². The van der Waals surface area contributed by atoms with E-state index in [9.17, 15) is 13.6 Å². The zero-order valence-electron chi connectivity index (χ0n) is 15.9. The van der Waals surface area contributed by atoms with Crippen LogP contribution in [0, 0.1) is 0 Å². The second-order valence-corrected chi connectivity index (χ2v) is 7.87. The SMILES string of the molecule is Clc1ccccc1.O=C(CCO)N1Cc2cn(Sc3cnn(CC(F)F)c3)nc2C1. The first-order valence-corrected chi connectivity index (χ1v) is 10.2. The number of halogens is 3. The first-order valence-electron chi connectivity index (χ1n) is 9.10. The van der Waals surface area contributed by atoms with E-state index in [1.807, 2.05) is 36.5 Å². The first kappa shape index (κ1) is 22.3. The van der Waals surface area contributed by atoms with Crippen molar-refractivity contribution < 1.29 is 18.7 Å². The number of nitrogens with zero attached hydrogens (tertiary/aromatic N) is 5. The summed E-state index contributed by atoms with van der Waals surface area (Å²) in [7, 11) is 0. The molecule has 4 rings (SSSR count). The van der Waals surface area contributed by atoms with Crippen LogP contribution in [0.1, 0.15) is 17.7 Å². The number of hydrogen-bond acceptors (Lipinski definition) is 5. The number of aliphatic hydroxyl groups excluding tert-OH is 1. The summed E-state index contributed by atoms with van der Waals surface area (Å²) < 4.78 is 27.4. The molecule has 7 nitrogen and oxygen atoms in total. The second-order valence-electron chi connectivity index (χ2n) is 6.40. The predicted octanol–water partition coefficient (Wildman–Crippen LogP) is 3.46. The molecule has 0 unspecified atom stereocenters. The Hall–Kier alpha value is -2.43. The number of benzene rings is 1. The number of rotatable bonds is 6. The van der Waals surface area contributed by atoms with Gasteiger partial charge in [0.1, 0.15) is 6.54 Å². The van der Waals surface area contributed by atoms with Gasteiger partial charge in [0, 0.05) is 47.9 Å². The van der Waals surface area contributed by atoms with Gasteiger partial charge in [-0.3, -0.25) is 9.48 Å². The number of hydrogen-bond donors (Lipinski definition) is 1. The fraction of sp³-hybridized carbons (Fsp3) is 0.316. The van der Waals surface area contributed by atoms with E-state index in [-0.39, 0.29) is 18.9 Å². The van der Waals surface area contributed by atoms with Crippen molar-refractivity contribution in [2.45, 2.75) is 37.4 Å². The van der Waals surface area contributed by atoms with Gasteiger partial charge in [-0.25, -0.2) is 12.9 Å². The minimum absolute atomic E-state index is 0.0991. The zero-order valence-corrected chi connectivity index (χ0v) is 17.4. The van der Waals surface area contributed by atoms with Crippen LogP contribution < -0.4 is 0 Å². The molecule has 1 amide bonds. The van der Waals surface area contributed by atoms with Gasteiger partial charge in [0.15, 0.2) is 0 Å². The number of carbonyl (C=O) groups excluding carboxylic acids is 1. The second kappa shape index (κ2) is 10.6. The van der Waals surface area contributed by atoms with Gasteiger partial charge in [-0.1, -0.05) is 29.8 Å². The lowest BCUT2D eigenvalue weighted by Gasteiger charge is -2.14. The number of alkyl halides is 2. The van der Waals surface area contributed by atoms with Gasteiger partial charge < -0.3 is 10.0 Å². The van der Waals surface area contributed by atoms with Crippen LogP contribution in [0.15, 0.2) is 53.8 Å². The van der Waals surface area contributed by atoms with Crippen LogP contribution >= 0.6 is 23.5 Å². The van der Waals surface area contributed by atoms with Crippen molar-refractivity contribution in [2.24, 2.45) is 0 Å². The molecule has 1 N–H and O–H groups in total. The number of fused-ring (bicyclic) bond motifs is 1. The van der Waals surface area contributed by atoms with Crippen LogP contribution in [0.3, 0.4) is 0 Å². The highest BCUT2D eigenvalue weighted by molar-refractivity contribution is 7.97. The molecule has 0 fully saturated rings. The standard InChI is InChI=1S/C13H15F2N5O2S.C6H5Cl/c14-12(15)8-19-6-10(3-16-19)23-20-5-9-4-18(7-11(9)17-20)13(22)1-2-21;7-6-4-2-1-3-5-6/h3,5-6,12,21H,1-2,4,7-8H2;1-5H. The zero-order chi connectivity index (χ0) is 21.5. The summed E-state index contributed by atoms with van der Waals surface area (Å²) in [5.41, 5.74) is 1.76. The van der Waals surface area contributed by atoms with Gasteiger partial charge in [-0.15, -0.1) is 0 Å². The number of amides is 1. The van der Waals surface area contributed by atoms with E-state index in [4.69, 9.17) is 16.7 Å². The number of carbonyl (C=O) groups is 1. The maximum absolute atomic E-state index is 12.3. The molecule has 1 aliphatic rings. The molecule has 0 spiro atoms. The number of aromatic nitrogens is 4. The van der Waals surface area contributed by atoms with Gasteiger partial charge in [-0.2, -0.15) is 10.2 Å². The summed E-state index contributed by atoms with van der Waals surface area (Å²) in [4.78, 5) is 14.1. The Bertz CT molecular complexity index is 944. The van der Waals surface area contributed by atoms with E-state index in [0.717, 1.165) is 16.3 Å². The molecule has 160 valence electrons. The van der Waals surface area contributed by atoms with E-state index >= 15 is 0 Å². The fourth-order valence-electron chi connectivity index (χ4n) is 2.76. The quantitative estimate of drug-likeness (QED) is 0.616. The molecule has 3 heterocycles. The van der Waals surface area contributed by atoms with E-state index in [1.165, 1.54) is 22.8 Å². The Morgan fingerprint density at radius 1 is 1.23 bits per heavy atom. The van der Waals surface area contributed by atoms with E-state index in [2.05, 4.69) is 10.2 Å². The summed E-state index contributed by atoms with van der Waals surface area (Å²) in [6, 6.07) is 9.44. The van der Waals surface area contributed by atoms with Crippen LogP contribution in [0.5, 0.6) is 0 Å². The third-order valence-corrected chi connectivity index (χ3v) is 5.15. The first-order chi connectivity index (χ1) is 14.4. The molecule has 2 aromatic heterocycles. The molecular weight excluding hydrogens is 436 g/mol. The minimum Gasteiger partial charge on any atom is -0.396 e. The average Bonchev–Trinajstić information content (AvgIpc) is 3.38. The average molecular weight is 456 g/mol. The molecular formula is C19H20ClF2N5O2S. The highest BCUT2D eigenvalue weighted by atomic mass is 35.5. The van der Waals surface area contributed by atoms with Crippen molar-refractivity contribution in [3.8, 4) is 0 Å². The Labute approximate surface area is 181 Å². The van der Waals surface area contributed by atoms with Crippen LogP contribution in [-0.4, -0.2) is 47.9 Å². The molecule has 0 saturated carbocycles. The van der Waals surface area contributed by atoms with Crippen LogP contribution in [0.25, 0.3) is 0 Å². The third-order valence-electron chi connectivity index (χ3n) is 4.10. The van der Waals surface area contributed by atoms with E-state index in [1.54, 1.807) is 15.2 Å². The lowest BCUT2D eigenvalue weighted by atomic mass is 10.3. The van der Waals surface area contributed by atoms with Gasteiger partial charge in [0.05, 0.1) is 29.9 Å². The topological polar surface area (TPSA) is 76.2 Å². The third kappa shape index (κ3) is 6.28. The molecule has 1 aromatic carbocycles. The summed E-state index contributed by atoms with van der Waals surface area (Å²) in [6.45, 7) is 0.301. The lowest BCUT2D eigenvalue weighted by Crippen LogP contribution is -2.26. The van der Waals surface area contributed by atoms with Crippen molar-refractivity contribution in [3.63, 3.8) is 0 Å². The Morgan fingerprint density at radius 2 is 2.00 bits per heavy atom. The van der Waals surface area contributed by atoms with Crippen molar-refractivity contribution in [3.05, 3.63) is 65.2 Å². The molecule has 11 heteroatoms. The molecule has 0 saturated heterocycles. The highest BCUT2D eigenvalue weighted by Gasteiger charge is 2.26. The number of aliphatic hydroxyl groups is 1. The van der Waals surface area contributed by atoms with E-state index in [0.29, 0.717) is 18.0 Å². The maximum Gasteiger partial charge on any atom is 0.257 e. The molecule has 0 radical (unpaired) electrons. The largest absolute Gasteiger partial charge is 0.396 e. The predicted molar refractivity (Wildman–Crippen MR) is 109 cm³/mol. The van der Waals surface area contributed by atoms with Gasteiger partial charge in [0.25, 0.3) is 6.43 Å². The van der Waals surface area contributed by atoms with E-state index < -0.39 is 13.0 Å². The van der Waals surface area contributed by atoms with Crippen molar-refractivity contribution in [1.29, 1.82) is 0 Å². The van der Waals surface area contributed by atoms with Gasteiger partial charge in [0.2, 0.25) is 5.91 Å². The fourth-order valence-corrected chi connectivity index (χ4v) is 3.70. The molecule has 0 aliphatic carbocycles.